The molecule has 7 heteroatoms. The Kier molecular flexibility index (Phi) is 5.59. The third kappa shape index (κ3) is 4.02. The van der Waals surface area contributed by atoms with E-state index in [9.17, 15) is 4.79 Å². The van der Waals surface area contributed by atoms with Crippen LogP contribution in [0, 0.1) is 13.8 Å². The van der Waals surface area contributed by atoms with Crippen LogP contribution in [0.3, 0.4) is 0 Å². The van der Waals surface area contributed by atoms with Crippen molar-refractivity contribution < 1.29 is 4.79 Å². The molecule has 3 rings (SSSR count). The van der Waals surface area contributed by atoms with Crippen LogP contribution in [0.25, 0.3) is 11.0 Å². The predicted octanol–water partition coefficient (Wildman–Crippen LogP) is 2.81. The van der Waals surface area contributed by atoms with E-state index in [1.54, 1.807) is 12.4 Å². The van der Waals surface area contributed by atoms with Crippen LogP contribution in [0.4, 0.5) is 5.82 Å². The Morgan fingerprint density at radius 1 is 1.07 bits per heavy atom. The summed E-state index contributed by atoms with van der Waals surface area (Å²) in [6.07, 6.45) is 3.39. The molecule has 7 nitrogen and oxygen atoms in total. The molecule has 0 saturated carbocycles. The number of amides is 1. The van der Waals surface area contributed by atoms with Crippen LogP contribution in [0.2, 0.25) is 0 Å². The van der Waals surface area contributed by atoms with Crippen LogP contribution in [0.1, 0.15) is 41.3 Å². The molecule has 0 atom stereocenters. The summed E-state index contributed by atoms with van der Waals surface area (Å²) >= 11 is 0. The Morgan fingerprint density at radius 2 is 1.78 bits per heavy atom. The molecule has 0 unspecified atom stereocenters. The Hall–Kier alpha value is -3.09. The molecule has 0 bridgehead atoms. The molecule has 0 saturated heterocycles. The van der Waals surface area contributed by atoms with Gasteiger partial charge >= 0.3 is 0 Å². The third-order valence-electron chi connectivity index (χ3n) is 4.44. The van der Waals surface area contributed by atoms with E-state index in [0.717, 1.165) is 41.1 Å². The Bertz CT molecular complexity index is 954. The average molecular weight is 364 g/mol. The zero-order valence-electron chi connectivity index (χ0n) is 16.2. The zero-order chi connectivity index (χ0) is 19.4. The highest BCUT2D eigenvalue weighted by Gasteiger charge is 2.19. The minimum absolute atomic E-state index is 0.135. The number of fused-ring (bicyclic) bond motifs is 1. The lowest BCUT2D eigenvalue weighted by atomic mass is 10.1. The SMILES string of the molecule is CCN(CC)c1nc(C(=O)NCc2ccncc2)nc2nc(C)cc(C)c12. The van der Waals surface area contributed by atoms with Gasteiger partial charge in [0.25, 0.3) is 5.91 Å². The summed E-state index contributed by atoms with van der Waals surface area (Å²) in [6.45, 7) is 10.0. The standard InChI is InChI=1S/C20H24N6O/c1-5-26(6-2)19-16-13(3)11-14(4)23-17(16)24-18(25-19)20(27)22-12-15-7-9-21-10-8-15/h7-11H,5-6,12H2,1-4H3,(H,22,27). The number of aromatic nitrogens is 4. The Morgan fingerprint density at radius 3 is 2.44 bits per heavy atom. The maximum absolute atomic E-state index is 12.7. The van der Waals surface area contributed by atoms with Gasteiger partial charge in [0, 0.05) is 37.7 Å². The van der Waals surface area contributed by atoms with E-state index in [2.05, 4.69) is 44.0 Å². The molecule has 1 amide bonds. The lowest BCUT2D eigenvalue weighted by Gasteiger charge is -2.22. The summed E-state index contributed by atoms with van der Waals surface area (Å²) in [7, 11) is 0. The third-order valence-corrected chi connectivity index (χ3v) is 4.44. The molecule has 0 radical (unpaired) electrons. The highest BCUT2D eigenvalue weighted by molar-refractivity contribution is 5.96. The van der Waals surface area contributed by atoms with Crippen molar-refractivity contribution in [2.45, 2.75) is 34.2 Å². The van der Waals surface area contributed by atoms with Crippen LogP contribution in [0.15, 0.2) is 30.6 Å². The van der Waals surface area contributed by atoms with Gasteiger partial charge in [0.15, 0.2) is 5.65 Å². The van der Waals surface area contributed by atoms with Gasteiger partial charge < -0.3 is 10.2 Å². The van der Waals surface area contributed by atoms with Crippen molar-refractivity contribution >= 4 is 22.8 Å². The second-order valence-corrected chi connectivity index (χ2v) is 6.36. The number of aryl methyl sites for hydroxylation is 2. The number of nitrogens with zero attached hydrogens (tertiary/aromatic N) is 5. The fourth-order valence-electron chi connectivity index (χ4n) is 3.07. The van der Waals surface area contributed by atoms with Crippen LogP contribution < -0.4 is 10.2 Å². The van der Waals surface area contributed by atoms with Gasteiger partial charge in [-0.1, -0.05) is 0 Å². The second kappa shape index (κ2) is 8.07. The number of hydrogen-bond acceptors (Lipinski definition) is 6. The Balaban J connectivity index is 2.01. The van der Waals surface area contributed by atoms with Crippen molar-refractivity contribution in [1.82, 2.24) is 25.3 Å². The van der Waals surface area contributed by atoms with E-state index < -0.39 is 0 Å². The molecule has 0 aliphatic carbocycles. The summed E-state index contributed by atoms with van der Waals surface area (Å²) in [5, 5.41) is 3.77. The summed E-state index contributed by atoms with van der Waals surface area (Å²) in [5.74, 6) is 0.572. The fourth-order valence-corrected chi connectivity index (χ4v) is 3.07. The molecular weight excluding hydrogens is 340 g/mol. The quantitative estimate of drug-likeness (QED) is 0.724. The van der Waals surface area contributed by atoms with E-state index in [4.69, 9.17) is 0 Å². The monoisotopic (exact) mass is 364 g/mol. The number of nitrogens with one attached hydrogen (secondary N) is 1. The van der Waals surface area contributed by atoms with Gasteiger partial charge in [-0.15, -0.1) is 0 Å². The van der Waals surface area contributed by atoms with E-state index >= 15 is 0 Å². The minimum atomic E-state index is -0.317. The number of anilines is 1. The molecule has 3 aromatic heterocycles. The first-order valence-electron chi connectivity index (χ1n) is 9.11. The predicted molar refractivity (Wildman–Crippen MR) is 106 cm³/mol. The number of pyridine rings is 2. The maximum atomic E-state index is 12.7. The van der Waals surface area contributed by atoms with Crippen LogP contribution >= 0.6 is 0 Å². The smallest absolute Gasteiger partial charge is 0.289 e. The van der Waals surface area contributed by atoms with Crippen molar-refractivity contribution in [1.29, 1.82) is 0 Å². The average Bonchev–Trinajstić information content (AvgIpc) is 2.67. The highest BCUT2D eigenvalue weighted by Crippen LogP contribution is 2.26. The largest absolute Gasteiger partial charge is 0.356 e. The number of hydrogen-bond donors (Lipinski definition) is 1. The lowest BCUT2D eigenvalue weighted by Crippen LogP contribution is -2.28. The van der Waals surface area contributed by atoms with Crippen LogP contribution in [0.5, 0.6) is 0 Å². The second-order valence-electron chi connectivity index (χ2n) is 6.36. The van der Waals surface area contributed by atoms with E-state index in [0.29, 0.717) is 12.2 Å². The van der Waals surface area contributed by atoms with E-state index in [1.165, 1.54) is 0 Å². The van der Waals surface area contributed by atoms with Crippen molar-refractivity contribution in [2.24, 2.45) is 0 Å². The van der Waals surface area contributed by atoms with Gasteiger partial charge in [0.1, 0.15) is 5.82 Å². The molecule has 27 heavy (non-hydrogen) atoms. The normalized spacial score (nSPS) is 10.8. The summed E-state index contributed by atoms with van der Waals surface area (Å²) < 4.78 is 0. The molecule has 0 aromatic carbocycles. The molecule has 140 valence electrons. The Labute approximate surface area is 158 Å². The molecule has 1 N–H and O–H groups in total. The lowest BCUT2D eigenvalue weighted by molar-refractivity contribution is 0.0941. The first-order chi connectivity index (χ1) is 13.0. The van der Waals surface area contributed by atoms with E-state index in [1.807, 2.05) is 32.0 Å². The first kappa shape index (κ1) is 18.7. The van der Waals surface area contributed by atoms with Gasteiger partial charge in [-0.3, -0.25) is 9.78 Å². The van der Waals surface area contributed by atoms with Crippen LogP contribution in [-0.4, -0.2) is 38.9 Å². The maximum Gasteiger partial charge on any atom is 0.289 e. The first-order valence-corrected chi connectivity index (χ1v) is 9.11. The van der Waals surface area contributed by atoms with Gasteiger partial charge in [0.05, 0.1) is 5.39 Å². The molecule has 0 fully saturated rings. The van der Waals surface area contributed by atoms with Gasteiger partial charge in [-0.25, -0.2) is 15.0 Å². The van der Waals surface area contributed by atoms with Crippen molar-refractivity contribution in [3.63, 3.8) is 0 Å². The van der Waals surface area contributed by atoms with Crippen molar-refractivity contribution in [2.75, 3.05) is 18.0 Å². The summed E-state index contributed by atoms with van der Waals surface area (Å²) in [4.78, 5) is 32.4. The summed E-state index contributed by atoms with van der Waals surface area (Å²) in [6, 6.07) is 5.73. The van der Waals surface area contributed by atoms with Gasteiger partial charge in [-0.2, -0.15) is 0 Å². The summed E-state index contributed by atoms with van der Waals surface area (Å²) in [5.41, 5.74) is 3.45. The molecule has 3 heterocycles. The van der Waals surface area contributed by atoms with Crippen molar-refractivity contribution in [3.05, 3.63) is 53.2 Å². The zero-order valence-corrected chi connectivity index (χ0v) is 16.2. The molecule has 0 aliphatic rings. The topological polar surface area (TPSA) is 83.9 Å². The fraction of sp³-hybridized carbons (Fsp3) is 0.350. The number of carbonyl (C=O) groups is 1. The van der Waals surface area contributed by atoms with Crippen LogP contribution in [-0.2, 0) is 6.54 Å². The highest BCUT2D eigenvalue weighted by atomic mass is 16.2. The van der Waals surface area contributed by atoms with Gasteiger partial charge in [0.2, 0.25) is 5.82 Å². The van der Waals surface area contributed by atoms with Gasteiger partial charge in [-0.05, 0) is 57.0 Å². The molecule has 0 spiro atoms. The molecule has 0 aliphatic heterocycles. The molecule has 3 aromatic rings. The minimum Gasteiger partial charge on any atom is -0.356 e. The van der Waals surface area contributed by atoms with E-state index in [-0.39, 0.29) is 11.7 Å². The molecular formula is C20H24N6O. The number of rotatable bonds is 6. The number of carbonyl (C=O) groups excluding carboxylic acids is 1. The van der Waals surface area contributed by atoms with Crippen molar-refractivity contribution in [3.8, 4) is 0 Å².